The summed E-state index contributed by atoms with van der Waals surface area (Å²) >= 11 is 0. The summed E-state index contributed by atoms with van der Waals surface area (Å²) in [5.74, 6) is 3.80. The Morgan fingerprint density at radius 1 is 0.625 bits per heavy atom. The molecule has 5 heteroatoms. The van der Waals surface area contributed by atoms with E-state index in [1.807, 2.05) is 0 Å². The average molecular weight is 563 g/mol. The molecule has 5 aliphatic rings. The van der Waals surface area contributed by atoms with E-state index in [1.165, 1.54) is 70.6 Å². The monoisotopic (exact) mass is 562 g/mol. The standard InChI is InChI=1S/C35H62O5/c1-21(19-24(37)29(39)30(40)25(38)20-36)22-11-16-32(4)23(22)12-17-34(6)27(32)9-10-28-33(5)15-8-14-31(2,3)26(33)13-18-35(28,34)7/h21-30,36-40H,8-20H2,1-7H3. The zero-order chi connectivity index (χ0) is 29.5. The Bertz CT molecular complexity index is 921. The van der Waals surface area contributed by atoms with Gasteiger partial charge in [-0.25, -0.2) is 0 Å². The molecule has 0 saturated heterocycles. The fourth-order valence-corrected chi connectivity index (χ4v) is 13.3. The fraction of sp³-hybridized carbons (Fsp3) is 1.00. The van der Waals surface area contributed by atoms with E-state index in [1.54, 1.807) is 0 Å². The molecule has 0 aliphatic heterocycles. The molecule has 14 unspecified atom stereocenters. The van der Waals surface area contributed by atoms with Crippen molar-refractivity contribution in [2.24, 2.45) is 62.6 Å². The highest BCUT2D eigenvalue weighted by molar-refractivity contribution is 5.19. The van der Waals surface area contributed by atoms with Crippen LogP contribution in [0.1, 0.15) is 126 Å². The Morgan fingerprint density at radius 2 is 1.20 bits per heavy atom. The zero-order valence-electron chi connectivity index (χ0n) is 26.7. The SMILES string of the molecule is CC(CC(O)C(O)C(O)C(O)CO)C1CCC2(C)C1CCC1(C)C2CCC2C3(C)CCCC(C)(C)C3CCC21C. The molecule has 0 spiro atoms. The average Bonchev–Trinajstić information content (AvgIpc) is 3.24. The Morgan fingerprint density at radius 3 is 1.82 bits per heavy atom. The van der Waals surface area contributed by atoms with Crippen molar-refractivity contribution in [2.45, 2.75) is 150 Å². The van der Waals surface area contributed by atoms with E-state index in [9.17, 15) is 20.4 Å². The molecule has 5 saturated carbocycles. The third kappa shape index (κ3) is 4.41. The van der Waals surface area contributed by atoms with Crippen LogP contribution in [0.4, 0.5) is 0 Å². The molecule has 5 aliphatic carbocycles. The van der Waals surface area contributed by atoms with Crippen molar-refractivity contribution in [1.29, 1.82) is 0 Å². The van der Waals surface area contributed by atoms with Gasteiger partial charge in [-0.1, -0.05) is 54.9 Å². The van der Waals surface area contributed by atoms with Gasteiger partial charge in [0.05, 0.1) is 12.7 Å². The largest absolute Gasteiger partial charge is 0.394 e. The maximum absolute atomic E-state index is 10.8. The molecular formula is C35H62O5. The highest BCUT2D eigenvalue weighted by Gasteiger charge is 2.70. The lowest BCUT2D eigenvalue weighted by Gasteiger charge is -2.73. The second-order valence-electron chi connectivity index (χ2n) is 17.3. The number of rotatable bonds is 7. The maximum atomic E-state index is 10.8. The minimum absolute atomic E-state index is 0.227. The molecule has 0 aromatic carbocycles. The van der Waals surface area contributed by atoms with Crippen molar-refractivity contribution in [3.05, 3.63) is 0 Å². The number of aliphatic hydroxyl groups is 5. The summed E-state index contributed by atoms with van der Waals surface area (Å²) in [7, 11) is 0. The predicted molar refractivity (Wildman–Crippen MR) is 159 cm³/mol. The van der Waals surface area contributed by atoms with Crippen LogP contribution in [0.25, 0.3) is 0 Å². The van der Waals surface area contributed by atoms with Crippen LogP contribution in [-0.2, 0) is 0 Å². The first kappa shape index (κ1) is 31.2. The van der Waals surface area contributed by atoms with Crippen molar-refractivity contribution >= 4 is 0 Å². The quantitative estimate of drug-likeness (QED) is 0.264. The summed E-state index contributed by atoms with van der Waals surface area (Å²) in [6, 6.07) is 0. The minimum atomic E-state index is -1.54. The van der Waals surface area contributed by atoms with E-state index >= 15 is 0 Å². The Kier molecular flexibility index (Phi) is 8.17. The van der Waals surface area contributed by atoms with Crippen LogP contribution in [0, 0.1) is 62.6 Å². The van der Waals surface area contributed by atoms with E-state index < -0.39 is 31.0 Å². The van der Waals surface area contributed by atoms with Gasteiger partial charge in [0.1, 0.15) is 18.3 Å². The molecule has 5 rings (SSSR count). The maximum Gasteiger partial charge on any atom is 0.110 e. The van der Waals surface area contributed by atoms with Crippen LogP contribution in [0.3, 0.4) is 0 Å². The van der Waals surface area contributed by atoms with Crippen LogP contribution in [0.2, 0.25) is 0 Å². The summed E-state index contributed by atoms with van der Waals surface area (Å²) in [5, 5.41) is 50.3. The minimum Gasteiger partial charge on any atom is -0.394 e. The summed E-state index contributed by atoms with van der Waals surface area (Å²) in [6.07, 6.45) is 9.59. The van der Waals surface area contributed by atoms with Crippen molar-refractivity contribution < 1.29 is 25.5 Å². The van der Waals surface area contributed by atoms with E-state index in [-0.39, 0.29) is 5.92 Å². The zero-order valence-corrected chi connectivity index (χ0v) is 26.7. The van der Waals surface area contributed by atoms with Gasteiger partial charge in [0.2, 0.25) is 0 Å². The first-order valence-corrected chi connectivity index (χ1v) is 16.9. The molecule has 0 radical (unpaired) electrons. The molecule has 0 amide bonds. The summed E-state index contributed by atoms with van der Waals surface area (Å²) in [6.45, 7) is 17.4. The lowest BCUT2D eigenvalue weighted by Crippen LogP contribution is -2.65. The van der Waals surface area contributed by atoms with E-state index in [0.29, 0.717) is 45.3 Å². The van der Waals surface area contributed by atoms with Crippen LogP contribution >= 0.6 is 0 Å². The van der Waals surface area contributed by atoms with Gasteiger partial charge >= 0.3 is 0 Å². The lowest BCUT2D eigenvalue weighted by atomic mass is 9.32. The molecule has 0 bridgehead atoms. The molecule has 0 heterocycles. The second-order valence-corrected chi connectivity index (χ2v) is 17.3. The molecule has 5 fully saturated rings. The Hall–Kier alpha value is -0.200. The third-order valence-electron chi connectivity index (χ3n) is 15.4. The van der Waals surface area contributed by atoms with Gasteiger partial charge in [0, 0.05) is 0 Å². The Labute approximate surface area is 244 Å². The molecule has 40 heavy (non-hydrogen) atoms. The van der Waals surface area contributed by atoms with E-state index in [4.69, 9.17) is 5.11 Å². The predicted octanol–water partition coefficient (Wildman–Crippen LogP) is 5.94. The highest BCUT2D eigenvalue weighted by Crippen LogP contribution is 2.78. The van der Waals surface area contributed by atoms with Crippen molar-refractivity contribution in [2.75, 3.05) is 6.61 Å². The summed E-state index contributed by atoms with van der Waals surface area (Å²) in [5.41, 5.74) is 2.03. The van der Waals surface area contributed by atoms with E-state index in [2.05, 4.69) is 48.5 Å². The van der Waals surface area contributed by atoms with E-state index in [0.717, 1.165) is 17.8 Å². The van der Waals surface area contributed by atoms with Crippen LogP contribution in [-0.4, -0.2) is 56.6 Å². The van der Waals surface area contributed by atoms with Crippen molar-refractivity contribution in [3.63, 3.8) is 0 Å². The topological polar surface area (TPSA) is 101 Å². The van der Waals surface area contributed by atoms with Gasteiger partial charge in [-0.2, -0.15) is 0 Å². The first-order valence-electron chi connectivity index (χ1n) is 16.9. The number of hydrogen-bond donors (Lipinski definition) is 5. The van der Waals surface area contributed by atoms with Gasteiger partial charge in [-0.15, -0.1) is 0 Å². The summed E-state index contributed by atoms with van der Waals surface area (Å²) in [4.78, 5) is 0. The Balaban J connectivity index is 1.34. The molecule has 5 nitrogen and oxygen atoms in total. The molecule has 5 N–H and O–H groups in total. The molecule has 232 valence electrons. The van der Waals surface area contributed by atoms with Crippen LogP contribution < -0.4 is 0 Å². The van der Waals surface area contributed by atoms with Crippen molar-refractivity contribution in [3.8, 4) is 0 Å². The summed E-state index contributed by atoms with van der Waals surface area (Å²) < 4.78 is 0. The van der Waals surface area contributed by atoms with Gasteiger partial charge in [-0.05, 0) is 133 Å². The number of hydrogen-bond acceptors (Lipinski definition) is 5. The number of aliphatic hydroxyl groups excluding tert-OH is 5. The molecule has 0 aromatic rings. The molecule has 0 aromatic heterocycles. The second kappa shape index (κ2) is 10.5. The normalized spacial score (nSPS) is 50.0. The number of fused-ring (bicyclic) bond motifs is 7. The fourth-order valence-electron chi connectivity index (χ4n) is 13.3. The first-order chi connectivity index (χ1) is 18.6. The molecule has 14 atom stereocenters. The lowest BCUT2D eigenvalue weighted by molar-refractivity contribution is -0.241. The molecular weight excluding hydrogens is 500 g/mol. The van der Waals surface area contributed by atoms with Gasteiger partial charge in [0.25, 0.3) is 0 Å². The van der Waals surface area contributed by atoms with Crippen LogP contribution in [0.5, 0.6) is 0 Å². The smallest absolute Gasteiger partial charge is 0.110 e. The van der Waals surface area contributed by atoms with Gasteiger partial charge < -0.3 is 25.5 Å². The van der Waals surface area contributed by atoms with Crippen molar-refractivity contribution in [1.82, 2.24) is 0 Å². The van der Waals surface area contributed by atoms with Crippen LogP contribution in [0.15, 0.2) is 0 Å². The highest BCUT2D eigenvalue weighted by atomic mass is 16.4. The third-order valence-corrected chi connectivity index (χ3v) is 15.4. The van der Waals surface area contributed by atoms with Gasteiger partial charge in [-0.3, -0.25) is 0 Å². The van der Waals surface area contributed by atoms with Gasteiger partial charge in [0.15, 0.2) is 0 Å².